The number of methoxy groups -OCH3 is 1. The van der Waals surface area contributed by atoms with Crippen LogP contribution in [0.3, 0.4) is 0 Å². The summed E-state index contributed by atoms with van der Waals surface area (Å²) in [4.78, 5) is 0. The minimum absolute atomic E-state index is 0.645. The van der Waals surface area contributed by atoms with E-state index in [9.17, 15) is 0 Å². The van der Waals surface area contributed by atoms with Crippen LogP contribution in [0.25, 0.3) is 0 Å². The molecule has 0 spiro atoms. The lowest BCUT2D eigenvalue weighted by Crippen LogP contribution is -2.15. The molecule has 1 N–H and O–H groups in total. The van der Waals surface area contributed by atoms with Crippen molar-refractivity contribution in [3.63, 3.8) is 0 Å². The van der Waals surface area contributed by atoms with E-state index in [1.54, 1.807) is 7.11 Å². The second-order valence-corrected chi connectivity index (χ2v) is 4.49. The van der Waals surface area contributed by atoms with E-state index in [2.05, 4.69) is 24.4 Å². The van der Waals surface area contributed by atoms with Crippen molar-refractivity contribution in [1.29, 1.82) is 0 Å². The molecular weight excluding hydrogens is 186 g/mol. The molecule has 0 aliphatic heterocycles. The van der Waals surface area contributed by atoms with Crippen LogP contribution in [0.2, 0.25) is 0 Å². The first kappa shape index (κ1) is 10.3. The molecule has 1 aliphatic carbocycles. The number of ether oxygens (including phenoxy) is 1. The summed E-state index contributed by atoms with van der Waals surface area (Å²) >= 11 is 0. The van der Waals surface area contributed by atoms with Crippen molar-refractivity contribution in [2.45, 2.75) is 32.2 Å². The Labute approximate surface area is 91.6 Å². The average molecular weight is 205 g/mol. The fraction of sp³-hybridized carbons (Fsp3) is 0.538. The molecule has 1 saturated carbocycles. The Kier molecular flexibility index (Phi) is 3.14. The van der Waals surface area contributed by atoms with Gasteiger partial charge in [0, 0.05) is 17.8 Å². The fourth-order valence-electron chi connectivity index (χ4n) is 2.29. The van der Waals surface area contributed by atoms with Gasteiger partial charge in [-0.2, -0.15) is 0 Å². The summed E-state index contributed by atoms with van der Waals surface area (Å²) in [5.74, 6) is 1.79. The maximum absolute atomic E-state index is 5.20. The molecule has 0 bridgehead atoms. The van der Waals surface area contributed by atoms with Gasteiger partial charge in [0.1, 0.15) is 5.75 Å². The molecule has 82 valence electrons. The third-order valence-corrected chi connectivity index (χ3v) is 3.14. The third-order valence-electron chi connectivity index (χ3n) is 3.14. The van der Waals surface area contributed by atoms with Crippen LogP contribution in [0, 0.1) is 5.92 Å². The van der Waals surface area contributed by atoms with Crippen LogP contribution < -0.4 is 10.1 Å². The predicted molar refractivity (Wildman–Crippen MR) is 63.4 cm³/mol. The monoisotopic (exact) mass is 205 g/mol. The molecule has 0 amide bonds. The summed E-state index contributed by atoms with van der Waals surface area (Å²) in [6, 6.07) is 8.81. The Morgan fingerprint density at radius 2 is 2.20 bits per heavy atom. The number of nitrogens with one attached hydrogen (secondary N) is 1. The highest BCUT2D eigenvalue weighted by Gasteiger charge is 2.20. The fourth-order valence-corrected chi connectivity index (χ4v) is 2.29. The molecule has 15 heavy (non-hydrogen) atoms. The highest BCUT2D eigenvalue weighted by molar-refractivity contribution is 5.48. The summed E-state index contributed by atoms with van der Waals surface area (Å²) < 4.78 is 5.20. The summed E-state index contributed by atoms with van der Waals surface area (Å²) in [5, 5.41) is 3.57. The van der Waals surface area contributed by atoms with Crippen LogP contribution in [-0.2, 0) is 0 Å². The Balaban J connectivity index is 1.98. The van der Waals surface area contributed by atoms with Crippen LogP contribution in [0.4, 0.5) is 5.69 Å². The minimum atomic E-state index is 0.645. The molecule has 1 aromatic rings. The molecule has 2 heteroatoms. The van der Waals surface area contributed by atoms with Crippen molar-refractivity contribution in [3.05, 3.63) is 24.3 Å². The van der Waals surface area contributed by atoms with Crippen LogP contribution >= 0.6 is 0 Å². The maximum Gasteiger partial charge on any atom is 0.120 e. The molecule has 0 aromatic heterocycles. The van der Waals surface area contributed by atoms with Gasteiger partial charge in [-0.3, -0.25) is 0 Å². The molecule has 0 saturated heterocycles. The zero-order chi connectivity index (χ0) is 10.7. The lowest BCUT2D eigenvalue weighted by atomic mass is 10.1. The van der Waals surface area contributed by atoms with Gasteiger partial charge in [-0.25, -0.2) is 0 Å². The molecule has 2 nitrogen and oxygen atoms in total. The van der Waals surface area contributed by atoms with Crippen molar-refractivity contribution in [1.82, 2.24) is 0 Å². The normalized spacial score (nSPS) is 25.2. The summed E-state index contributed by atoms with van der Waals surface area (Å²) in [6.07, 6.45) is 3.93. The number of benzene rings is 1. The lowest BCUT2D eigenvalue weighted by Gasteiger charge is -2.14. The smallest absolute Gasteiger partial charge is 0.120 e. The quantitative estimate of drug-likeness (QED) is 0.817. The van der Waals surface area contributed by atoms with Crippen molar-refractivity contribution >= 4 is 5.69 Å². The van der Waals surface area contributed by atoms with Gasteiger partial charge in [0.05, 0.1) is 7.11 Å². The SMILES string of the molecule is COc1cccc(N[C@@H]2CC[C@H](C)C2)c1. The number of rotatable bonds is 3. The van der Waals surface area contributed by atoms with Crippen molar-refractivity contribution in [3.8, 4) is 5.75 Å². The van der Waals surface area contributed by atoms with Gasteiger partial charge in [-0.1, -0.05) is 13.0 Å². The second kappa shape index (κ2) is 4.56. The van der Waals surface area contributed by atoms with Gasteiger partial charge >= 0.3 is 0 Å². The van der Waals surface area contributed by atoms with E-state index < -0.39 is 0 Å². The van der Waals surface area contributed by atoms with E-state index in [0.29, 0.717) is 6.04 Å². The Morgan fingerprint density at radius 3 is 2.87 bits per heavy atom. The van der Waals surface area contributed by atoms with Gasteiger partial charge in [-0.15, -0.1) is 0 Å². The van der Waals surface area contributed by atoms with Gasteiger partial charge in [0.2, 0.25) is 0 Å². The number of hydrogen-bond acceptors (Lipinski definition) is 2. The van der Waals surface area contributed by atoms with Crippen molar-refractivity contribution < 1.29 is 4.74 Å². The highest BCUT2D eigenvalue weighted by Crippen LogP contribution is 2.28. The van der Waals surface area contributed by atoms with E-state index in [0.717, 1.165) is 11.7 Å². The number of anilines is 1. The lowest BCUT2D eigenvalue weighted by molar-refractivity contribution is 0.415. The molecule has 1 aliphatic rings. The molecule has 1 aromatic carbocycles. The molecule has 2 atom stereocenters. The van der Waals surface area contributed by atoms with Gasteiger partial charge in [0.25, 0.3) is 0 Å². The first-order valence-electron chi connectivity index (χ1n) is 5.68. The first-order valence-corrected chi connectivity index (χ1v) is 5.68. The first-order chi connectivity index (χ1) is 7.28. The zero-order valence-corrected chi connectivity index (χ0v) is 9.49. The third kappa shape index (κ3) is 2.65. The highest BCUT2D eigenvalue weighted by atomic mass is 16.5. The molecule has 1 fully saturated rings. The summed E-state index contributed by atoms with van der Waals surface area (Å²) in [5.41, 5.74) is 1.17. The minimum Gasteiger partial charge on any atom is -0.497 e. The zero-order valence-electron chi connectivity index (χ0n) is 9.49. The van der Waals surface area contributed by atoms with E-state index in [1.807, 2.05) is 12.1 Å². The average Bonchev–Trinajstić information content (AvgIpc) is 2.64. The van der Waals surface area contributed by atoms with Crippen LogP contribution in [0.5, 0.6) is 5.75 Å². The summed E-state index contributed by atoms with van der Waals surface area (Å²) in [6.45, 7) is 2.33. The van der Waals surface area contributed by atoms with E-state index in [1.165, 1.54) is 24.9 Å². The van der Waals surface area contributed by atoms with Crippen LogP contribution in [0.1, 0.15) is 26.2 Å². The molecule has 2 rings (SSSR count). The van der Waals surface area contributed by atoms with E-state index >= 15 is 0 Å². The summed E-state index contributed by atoms with van der Waals surface area (Å²) in [7, 11) is 1.71. The van der Waals surface area contributed by atoms with E-state index in [-0.39, 0.29) is 0 Å². The topological polar surface area (TPSA) is 21.3 Å². The molecule has 0 heterocycles. The standard InChI is InChI=1S/C13H19NO/c1-10-6-7-12(8-10)14-11-4-3-5-13(9-11)15-2/h3-5,9-10,12,14H,6-8H2,1-2H3/t10-,12+/m0/s1. The van der Waals surface area contributed by atoms with Crippen LogP contribution in [0.15, 0.2) is 24.3 Å². The van der Waals surface area contributed by atoms with Crippen molar-refractivity contribution in [2.75, 3.05) is 12.4 Å². The molecule has 0 unspecified atom stereocenters. The molecular formula is C13H19NO. The van der Waals surface area contributed by atoms with Gasteiger partial charge in [0.15, 0.2) is 0 Å². The Hall–Kier alpha value is -1.18. The second-order valence-electron chi connectivity index (χ2n) is 4.49. The largest absolute Gasteiger partial charge is 0.497 e. The number of hydrogen-bond donors (Lipinski definition) is 1. The van der Waals surface area contributed by atoms with Gasteiger partial charge < -0.3 is 10.1 Å². The van der Waals surface area contributed by atoms with Crippen LogP contribution in [-0.4, -0.2) is 13.2 Å². The predicted octanol–water partition coefficient (Wildman–Crippen LogP) is 3.30. The Morgan fingerprint density at radius 1 is 1.33 bits per heavy atom. The Bertz CT molecular complexity index is 324. The van der Waals surface area contributed by atoms with E-state index in [4.69, 9.17) is 4.74 Å². The van der Waals surface area contributed by atoms with Crippen molar-refractivity contribution in [2.24, 2.45) is 5.92 Å². The maximum atomic E-state index is 5.20. The van der Waals surface area contributed by atoms with Gasteiger partial charge in [-0.05, 0) is 37.3 Å². The molecule has 0 radical (unpaired) electrons.